The Morgan fingerprint density at radius 3 is 2.23 bits per heavy atom. The second-order valence-corrected chi connectivity index (χ2v) is 11.7. The molecule has 3 aromatic rings. The molecule has 2 amide bonds. The zero-order valence-corrected chi connectivity index (χ0v) is 24.2. The van der Waals surface area contributed by atoms with E-state index >= 15 is 0 Å². The van der Waals surface area contributed by atoms with Crippen LogP contribution in [0.15, 0.2) is 83.8 Å². The Morgan fingerprint density at radius 1 is 0.949 bits per heavy atom. The van der Waals surface area contributed by atoms with Gasteiger partial charge in [-0.3, -0.25) is 13.9 Å². The highest BCUT2D eigenvalue weighted by atomic mass is 35.5. The molecule has 0 fully saturated rings. The van der Waals surface area contributed by atoms with Gasteiger partial charge in [0.15, 0.2) is 0 Å². The highest BCUT2D eigenvalue weighted by Gasteiger charge is 2.33. The third kappa shape index (κ3) is 8.07. The van der Waals surface area contributed by atoms with Crippen molar-refractivity contribution >= 4 is 39.1 Å². The largest absolute Gasteiger partial charge is 0.354 e. The Hall–Kier alpha value is -3.36. The minimum atomic E-state index is -4.15. The van der Waals surface area contributed by atoms with E-state index in [-0.39, 0.29) is 28.1 Å². The molecule has 0 saturated heterocycles. The Bertz CT molecular complexity index is 1350. The molecule has 7 nitrogen and oxygen atoms in total. The lowest BCUT2D eigenvalue weighted by Crippen LogP contribution is -2.52. The summed E-state index contributed by atoms with van der Waals surface area (Å²) in [5.74, 6) is -0.782. The van der Waals surface area contributed by atoms with E-state index in [1.165, 1.54) is 17.0 Å². The number of benzene rings is 3. The minimum absolute atomic E-state index is 0.0435. The fourth-order valence-corrected chi connectivity index (χ4v) is 5.83. The summed E-state index contributed by atoms with van der Waals surface area (Å²) in [6.45, 7) is 5.80. The van der Waals surface area contributed by atoms with Crippen molar-refractivity contribution in [2.45, 2.75) is 51.0 Å². The first kappa shape index (κ1) is 30.2. The van der Waals surface area contributed by atoms with Crippen LogP contribution in [0.3, 0.4) is 0 Å². The van der Waals surface area contributed by atoms with Gasteiger partial charge in [-0.1, -0.05) is 85.1 Å². The lowest BCUT2D eigenvalue weighted by molar-refractivity contribution is -0.138. The van der Waals surface area contributed by atoms with Crippen molar-refractivity contribution in [2.24, 2.45) is 0 Å². The average molecular weight is 570 g/mol. The molecule has 0 radical (unpaired) electrons. The second-order valence-electron chi connectivity index (χ2n) is 9.42. The lowest BCUT2D eigenvalue weighted by atomic mass is 10.1. The van der Waals surface area contributed by atoms with E-state index in [1.54, 1.807) is 43.3 Å². The quantitative estimate of drug-likeness (QED) is 0.286. The number of aryl methyl sites for hydroxylation is 1. The lowest BCUT2D eigenvalue weighted by Gasteiger charge is -2.32. The molecule has 0 saturated carbocycles. The van der Waals surface area contributed by atoms with Crippen molar-refractivity contribution in [2.75, 3.05) is 23.9 Å². The van der Waals surface area contributed by atoms with Crippen LogP contribution < -0.4 is 9.62 Å². The first-order valence-corrected chi connectivity index (χ1v) is 14.9. The fourth-order valence-electron chi connectivity index (χ4n) is 4.11. The third-order valence-electron chi connectivity index (χ3n) is 6.49. The number of carbonyl (C=O) groups excluding carboxylic acids is 2. The van der Waals surface area contributed by atoms with Gasteiger partial charge < -0.3 is 10.2 Å². The van der Waals surface area contributed by atoms with Crippen LogP contribution in [0.2, 0.25) is 5.02 Å². The van der Waals surface area contributed by atoms with Crippen LogP contribution in [0.1, 0.15) is 37.8 Å². The number of hydrogen-bond donors (Lipinski definition) is 1. The first-order chi connectivity index (χ1) is 18.6. The average Bonchev–Trinajstić information content (AvgIpc) is 2.93. The molecule has 39 heavy (non-hydrogen) atoms. The number of carbonyl (C=O) groups is 2. The number of rotatable bonds is 13. The molecule has 208 valence electrons. The molecular formula is C30H36ClN3O4S. The van der Waals surface area contributed by atoms with Gasteiger partial charge in [0.25, 0.3) is 10.0 Å². The Balaban J connectivity index is 1.96. The molecule has 0 aliphatic rings. The molecule has 0 aliphatic heterocycles. The van der Waals surface area contributed by atoms with Gasteiger partial charge in [-0.25, -0.2) is 8.42 Å². The van der Waals surface area contributed by atoms with Crippen LogP contribution in [-0.4, -0.2) is 50.8 Å². The second kappa shape index (κ2) is 14.1. The van der Waals surface area contributed by atoms with Gasteiger partial charge in [0.1, 0.15) is 12.6 Å². The van der Waals surface area contributed by atoms with Crippen LogP contribution in [0.25, 0.3) is 0 Å². The van der Waals surface area contributed by atoms with Crippen molar-refractivity contribution in [3.8, 4) is 0 Å². The molecule has 3 rings (SSSR count). The normalized spacial score (nSPS) is 12.0. The first-order valence-electron chi connectivity index (χ1n) is 13.1. The SMILES string of the molecule is CCCCNC(=O)C(C)N(CCc1ccccc1)C(=O)CN(c1ccccc1Cl)S(=O)(=O)c1ccc(C)cc1. The minimum Gasteiger partial charge on any atom is -0.354 e. The van der Waals surface area contributed by atoms with Crippen LogP contribution in [0, 0.1) is 6.92 Å². The number of hydrogen-bond acceptors (Lipinski definition) is 4. The van der Waals surface area contributed by atoms with E-state index in [2.05, 4.69) is 5.32 Å². The number of amides is 2. The Labute approximate surface area is 236 Å². The zero-order chi connectivity index (χ0) is 28.4. The molecular weight excluding hydrogens is 534 g/mol. The number of para-hydroxylation sites is 1. The number of nitrogens with zero attached hydrogens (tertiary/aromatic N) is 2. The molecule has 3 aromatic carbocycles. The van der Waals surface area contributed by atoms with Crippen molar-refractivity contribution in [1.29, 1.82) is 0 Å². The summed E-state index contributed by atoms with van der Waals surface area (Å²) in [5, 5.41) is 3.08. The van der Waals surface area contributed by atoms with Gasteiger partial charge in [-0.05, 0) is 56.5 Å². The topological polar surface area (TPSA) is 86.8 Å². The maximum Gasteiger partial charge on any atom is 0.264 e. The standard InChI is InChI=1S/C30H36ClN3O4S/c1-4-5-20-32-30(36)24(3)33(21-19-25-11-7-6-8-12-25)29(35)22-34(28-14-10-9-13-27(28)31)39(37,38)26-17-15-23(2)16-18-26/h6-18,24H,4-5,19-22H2,1-3H3,(H,32,36). The summed E-state index contributed by atoms with van der Waals surface area (Å²) in [6.07, 6.45) is 2.26. The highest BCUT2D eigenvalue weighted by Crippen LogP contribution is 2.30. The Kier molecular flexibility index (Phi) is 10.9. The van der Waals surface area contributed by atoms with Crippen LogP contribution in [0.5, 0.6) is 0 Å². The van der Waals surface area contributed by atoms with E-state index in [0.717, 1.165) is 28.3 Å². The molecule has 1 atom stereocenters. The molecule has 0 heterocycles. The maximum absolute atomic E-state index is 13.9. The summed E-state index contributed by atoms with van der Waals surface area (Å²) >= 11 is 6.43. The highest BCUT2D eigenvalue weighted by molar-refractivity contribution is 7.92. The van der Waals surface area contributed by atoms with Gasteiger partial charge in [0.2, 0.25) is 11.8 Å². The monoisotopic (exact) mass is 569 g/mol. The number of unbranched alkanes of at least 4 members (excludes halogenated alkanes) is 1. The summed E-state index contributed by atoms with van der Waals surface area (Å²) in [5.41, 5.74) is 2.10. The van der Waals surface area contributed by atoms with Gasteiger partial charge in [-0.2, -0.15) is 0 Å². The summed E-state index contributed by atoms with van der Waals surface area (Å²) < 4.78 is 28.7. The van der Waals surface area contributed by atoms with Crippen molar-refractivity contribution in [1.82, 2.24) is 10.2 Å². The van der Waals surface area contributed by atoms with E-state index < -0.39 is 28.5 Å². The van der Waals surface area contributed by atoms with E-state index in [4.69, 9.17) is 11.6 Å². The Morgan fingerprint density at radius 2 is 1.59 bits per heavy atom. The van der Waals surface area contributed by atoms with Crippen LogP contribution >= 0.6 is 11.6 Å². The number of anilines is 1. The molecule has 0 aliphatic carbocycles. The molecule has 1 N–H and O–H groups in total. The predicted octanol–water partition coefficient (Wildman–Crippen LogP) is 5.22. The third-order valence-corrected chi connectivity index (χ3v) is 8.58. The van der Waals surface area contributed by atoms with Crippen LogP contribution in [-0.2, 0) is 26.0 Å². The summed E-state index contributed by atoms with van der Waals surface area (Å²) in [4.78, 5) is 28.3. The number of nitrogens with one attached hydrogen (secondary N) is 1. The van der Waals surface area contributed by atoms with Crippen molar-refractivity contribution < 1.29 is 18.0 Å². The summed E-state index contributed by atoms with van der Waals surface area (Å²) in [7, 11) is -4.15. The molecule has 0 aromatic heterocycles. The molecule has 0 bridgehead atoms. The number of halogens is 1. The van der Waals surface area contributed by atoms with Gasteiger partial charge >= 0.3 is 0 Å². The van der Waals surface area contributed by atoms with E-state index in [9.17, 15) is 18.0 Å². The smallest absolute Gasteiger partial charge is 0.264 e. The van der Waals surface area contributed by atoms with Gasteiger partial charge in [0.05, 0.1) is 15.6 Å². The maximum atomic E-state index is 13.9. The summed E-state index contributed by atoms with van der Waals surface area (Å²) in [6, 6.07) is 21.8. The molecule has 9 heteroatoms. The van der Waals surface area contributed by atoms with Crippen molar-refractivity contribution in [3.63, 3.8) is 0 Å². The van der Waals surface area contributed by atoms with Gasteiger partial charge in [0, 0.05) is 13.1 Å². The molecule has 0 spiro atoms. The van der Waals surface area contributed by atoms with Crippen molar-refractivity contribution in [3.05, 3.63) is 95.0 Å². The predicted molar refractivity (Wildman–Crippen MR) is 156 cm³/mol. The molecule has 1 unspecified atom stereocenters. The van der Waals surface area contributed by atoms with Crippen LogP contribution in [0.4, 0.5) is 5.69 Å². The fraction of sp³-hybridized carbons (Fsp3) is 0.333. The number of sulfonamides is 1. The zero-order valence-electron chi connectivity index (χ0n) is 22.6. The van der Waals surface area contributed by atoms with Gasteiger partial charge in [-0.15, -0.1) is 0 Å². The van der Waals surface area contributed by atoms with E-state index in [1.807, 2.05) is 44.2 Å². The van der Waals surface area contributed by atoms with E-state index in [0.29, 0.717) is 13.0 Å².